The Bertz CT molecular complexity index is 507. The average molecular weight is 288 g/mol. The van der Waals surface area contributed by atoms with Gasteiger partial charge in [-0.2, -0.15) is 0 Å². The Morgan fingerprint density at radius 3 is 2.86 bits per heavy atom. The number of amides is 1. The van der Waals surface area contributed by atoms with Gasteiger partial charge in [-0.05, 0) is 37.0 Å². The van der Waals surface area contributed by atoms with E-state index in [-0.39, 0.29) is 12.5 Å². The summed E-state index contributed by atoms with van der Waals surface area (Å²) in [6.07, 6.45) is 5.68. The van der Waals surface area contributed by atoms with E-state index in [1.807, 2.05) is 24.3 Å². The van der Waals surface area contributed by atoms with Crippen LogP contribution in [0.1, 0.15) is 38.2 Å². The van der Waals surface area contributed by atoms with Gasteiger partial charge in [0.25, 0.3) is 0 Å². The van der Waals surface area contributed by atoms with Crippen molar-refractivity contribution in [2.24, 2.45) is 10.7 Å². The minimum absolute atomic E-state index is 0.0436. The van der Waals surface area contributed by atoms with Crippen LogP contribution in [0.2, 0.25) is 0 Å². The molecule has 1 fully saturated rings. The molecule has 1 saturated carbocycles. The van der Waals surface area contributed by atoms with Gasteiger partial charge in [0.1, 0.15) is 6.54 Å². The second-order valence-electron chi connectivity index (χ2n) is 5.43. The summed E-state index contributed by atoms with van der Waals surface area (Å²) >= 11 is 0. The number of guanidine groups is 1. The second-order valence-corrected chi connectivity index (χ2v) is 5.43. The van der Waals surface area contributed by atoms with Gasteiger partial charge in [0.2, 0.25) is 5.91 Å². The number of nitrogens with two attached hydrogens (primary N) is 1. The van der Waals surface area contributed by atoms with Gasteiger partial charge in [-0.1, -0.05) is 31.9 Å². The van der Waals surface area contributed by atoms with Crippen LogP contribution in [0.15, 0.2) is 29.3 Å². The summed E-state index contributed by atoms with van der Waals surface area (Å²) in [4.78, 5) is 15.9. The molecule has 1 aliphatic rings. The first-order valence-corrected chi connectivity index (χ1v) is 7.62. The maximum Gasteiger partial charge on any atom is 0.246 e. The highest BCUT2D eigenvalue weighted by Gasteiger charge is 2.14. The van der Waals surface area contributed by atoms with E-state index in [0.717, 1.165) is 24.9 Å². The number of carbonyl (C=O) groups is 1. The molecule has 114 valence electrons. The van der Waals surface area contributed by atoms with E-state index in [0.29, 0.717) is 12.0 Å². The predicted octanol–water partition coefficient (Wildman–Crippen LogP) is 2.03. The lowest BCUT2D eigenvalue weighted by Gasteiger charge is -2.12. The summed E-state index contributed by atoms with van der Waals surface area (Å²) in [5, 5.41) is 6.00. The number of rotatable bonds is 5. The lowest BCUT2D eigenvalue weighted by molar-refractivity contribution is -0.114. The Morgan fingerprint density at radius 1 is 1.38 bits per heavy atom. The third kappa shape index (κ3) is 5.10. The Morgan fingerprint density at radius 2 is 2.14 bits per heavy atom. The lowest BCUT2D eigenvalue weighted by atomic mass is 10.1. The van der Waals surface area contributed by atoms with E-state index in [1.165, 1.54) is 18.4 Å². The monoisotopic (exact) mass is 288 g/mol. The zero-order valence-electron chi connectivity index (χ0n) is 12.6. The van der Waals surface area contributed by atoms with Crippen LogP contribution in [0, 0.1) is 0 Å². The van der Waals surface area contributed by atoms with E-state index in [1.54, 1.807) is 0 Å². The Hall–Kier alpha value is -2.04. The van der Waals surface area contributed by atoms with Crippen molar-refractivity contribution in [1.29, 1.82) is 0 Å². The van der Waals surface area contributed by atoms with Crippen LogP contribution in [0.3, 0.4) is 0 Å². The topological polar surface area (TPSA) is 79.5 Å². The van der Waals surface area contributed by atoms with Crippen LogP contribution in [-0.2, 0) is 11.2 Å². The molecule has 5 nitrogen and oxygen atoms in total. The number of carbonyl (C=O) groups excluding carboxylic acids is 1. The first kappa shape index (κ1) is 15.4. The van der Waals surface area contributed by atoms with Crippen LogP contribution < -0.4 is 16.4 Å². The van der Waals surface area contributed by atoms with Crippen molar-refractivity contribution in [1.82, 2.24) is 5.32 Å². The third-order valence-corrected chi connectivity index (χ3v) is 3.72. The minimum atomic E-state index is -0.153. The molecule has 0 spiro atoms. The Kier molecular flexibility index (Phi) is 5.60. The van der Waals surface area contributed by atoms with Gasteiger partial charge >= 0.3 is 0 Å². The van der Waals surface area contributed by atoms with Crippen LogP contribution >= 0.6 is 0 Å². The fourth-order valence-electron chi connectivity index (χ4n) is 2.55. The van der Waals surface area contributed by atoms with Crippen LogP contribution in [0.5, 0.6) is 0 Å². The van der Waals surface area contributed by atoms with Crippen molar-refractivity contribution in [3.8, 4) is 0 Å². The average Bonchev–Trinajstić information content (AvgIpc) is 2.98. The number of aliphatic imine (C=N–C) groups is 1. The molecule has 0 aliphatic heterocycles. The van der Waals surface area contributed by atoms with Gasteiger partial charge in [0.15, 0.2) is 5.96 Å². The van der Waals surface area contributed by atoms with Crippen molar-refractivity contribution in [2.45, 2.75) is 45.1 Å². The molecule has 0 saturated heterocycles. The van der Waals surface area contributed by atoms with E-state index >= 15 is 0 Å². The lowest BCUT2D eigenvalue weighted by Crippen LogP contribution is -2.39. The maximum atomic E-state index is 11.9. The quantitative estimate of drug-likeness (QED) is 0.573. The van der Waals surface area contributed by atoms with Crippen LogP contribution in [-0.4, -0.2) is 24.5 Å². The summed E-state index contributed by atoms with van der Waals surface area (Å²) in [5.41, 5.74) is 7.80. The highest BCUT2D eigenvalue weighted by atomic mass is 16.1. The molecule has 1 aromatic rings. The zero-order chi connectivity index (χ0) is 15.1. The number of anilines is 1. The molecule has 0 heterocycles. The molecule has 21 heavy (non-hydrogen) atoms. The first-order valence-electron chi connectivity index (χ1n) is 7.62. The number of aryl methyl sites for hydroxylation is 1. The van der Waals surface area contributed by atoms with Crippen molar-refractivity contribution in [2.75, 3.05) is 11.9 Å². The molecular weight excluding hydrogens is 264 g/mol. The van der Waals surface area contributed by atoms with Gasteiger partial charge in [-0.15, -0.1) is 0 Å². The molecule has 1 amide bonds. The van der Waals surface area contributed by atoms with Crippen molar-refractivity contribution in [3.05, 3.63) is 29.8 Å². The van der Waals surface area contributed by atoms with Crippen molar-refractivity contribution >= 4 is 17.6 Å². The molecule has 0 unspecified atom stereocenters. The normalized spacial score (nSPS) is 16.0. The Balaban J connectivity index is 1.80. The molecule has 1 aromatic carbocycles. The van der Waals surface area contributed by atoms with E-state index in [2.05, 4.69) is 22.5 Å². The van der Waals surface area contributed by atoms with Gasteiger partial charge < -0.3 is 16.4 Å². The van der Waals surface area contributed by atoms with Crippen LogP contribution in [0.25, 0.3) is 0 Å². The van der Waals surface area contributed by atoms with Gasteiger partial charge in [-0.25, -0.2) is 4.99 Å². The second kappa shape index (κ2) is 7.67. The van der Waals surface area contributed by atoms with Gasteiger partial charge in [0, 0.05) is 11.7 Å². The molecule has 0 bridgehead atoms. The summed E-state index contributed by atoms with van der Waals surface area (Å²) < 4.78 is 0. The fraction of sp³-hybridized carbons (Fsp3) is 0.500. The summed E-state index contributed by atoms with van der Waals surface area (Å²) in [7, 11) is 0. The molecule has 0 atom stereocenters. The van der Waals surface area contributed by atoms with Gasteiger partial charge in [-0.3, -0.25) is 4.79 Å². The van der Waals surface area contributed by atoms with Crippen LogP contribution in [0.4, 0.5) is 5.69 Å². The smallest absolute Gasteiger partial charge is 0.246 e. The highest BCUT2D eigenvalue weighted by Crippen LogP contribution is 2.17. The summed E-state index contributed by atoms with van der Waals surface area (Å²) in [6.45, 7) is 2.13. The van der Waals surface area contributed by atoms with E-state index in [9.17, 15) is 4.79 Å². The number of hydrogen-bond acceptors (Lipinski definition) is 2. The first-order chi connectivity index (χ1) is 10.2. The largest absolute Gasteiger partial charge is 0.370 e. The molecule has 1 aliphatic carbocycles. The molecule has 2 rings (SSSR count). The molecule has 5 heteroatoms. The van der Waals surface area contributed by atoms with E-state index < -0.39 is 0 Å². The fourth-order valence-corrected chi connectivity index (χ4v) is 2.55. The Labute approximate surface area is 126 Å². The number of nitrogens with zero attached hydrogens (tertiary/aromatic N) is 1. The van der Waals surface area contributed by atoms with Gasteiger partial charge in [0.05, 0.1) is 0 Å². The molecule has 0 aromatic heterocycles. The standard InChI is InChI=1S/C16H24N4O/c1-2-12-6-5-9-14(10-12)19-15(21)11-18-16(17)20-13-7-3-4-8-13/h5-6,9-10,13H,2-4,7-8,11H2,1H3,(H,19,21)(H3,17,18,20). The molecule has 4 N–H and O–H groups in total. The summed E-state index contributed by atoms with van der Waals surface area (Å²) in [6, 6.07) is 8.24. The minimum Gasteiger partial charge on any atom is -0.370 e. The van der Waals surface area contributed by atoms with Crippen molar-refractivity contribution in [3.63, 3.8) is 0 Å². The van der Waals surface area contributed by atoms with Crippen molar-refractivity contribution < 1.29 is 4.79 Å². The number of hydrogen-bond donors (Lipinski definition) is 3. The van der Waals surface area contributed by atoms with E-state index in [4.69, 9.17) is 5.73 Å². The highest BCUT2D eigenvalue weighted by molar-refractivity contribution is 5.94. The zero-order valence-corrected chi connectivity index (χ0v) is 12.6. The molecular formula is C16H24N4O. The molecule has 0 radical (unpaired) electrons. The third-order valence-electron chi connectivity index (χ3n) is 3.72. The number of benzene rings is 1. The SMILES string of the molecule is CCc1cccc(NC(=O)CN=C(N)NC2CCCC2)c1. The maximum absolute atomic E-state index is 11.9. The number of nitrogens with one attached hydrogen (secondary N) is 2. The summed E-state index contributed by atoms with van der Waals surface area (Å²) in [5.74, 6) is 0.207. The predicted molar refractivity (Wildman–Crippen MR) is 86.3 cm³/mol.